The number of carbonyl (C=O) groups excluding carboxylic acids is 1. The van der Waals surface area contributed by atoms with Crippen LogP contribution in [0.2, 0.25) is 0 Å². The first-order valence-corrected chi connectivity index (χ1v) is 9.58. The highest BCUT2D eigenvalue weighted by Crippen LogP contribution is 2.30. The molecule has 1 aromatic carbocycles. The molecular weight excluding hydrogens is 298 g/mol. The summed E-state index contributed by atoms with van der Waals surface area (Å²) in [6.45, 7) is 4.14. The standard InChI is InChI=1S/C17H25NO3S/c1-13(2)10-11-17(19)18-14-6-5-9-16(12-14)22(20,21)15-7-3-4-8-15/h5-6,9,12-13,15H,3-4,7-8,10-11H2,1-2H3,(H,18,19). The topological polar surface area (TPSA) is 63.2 Å². The van der Waals surface area contributed by atoms with Crippen molar-refractivity contribution in [3.05, 3.63) is 24.3 Å². The zero-order valence-corrected chi connectivity index (χ0v) is 14.2. The molecule has 1 amide bonds. The lowest BCUT2D eigenvalue weighted by atomic mass is 10.1. The normalized spacial score (nSPS) is 16.1. The van der Waals surface area contributed by atoms with Gasteiger partial charge in [-0.05, 0) is 43.4 Å². The lowest BCUT2D eigenvalue weighted by Crippen LogP contribution is -2.18. The number of hydrogen-bond donors (Lipinski definition) is 1. The number of benzene rings is 1. The van der Waals surface area contributed by atoms with Gasteiger partial charge in [0.25, 0.3) is 0 Å². The van der Waals surface area contributed by atoms with Gasteiger partial charge in [-0.1, -0.05) is 32.8 Å². The summed E-state index contributed by atoms with van der Waals surface area (Å²) in [5, 5.41) is 2.53. The van der Waals surface area contributed by atoms with Crippen molar-refractivity contribution >= 4 is 21.4 Å². The van der Waals surface area contributed by atoms with Gasteiger partial charge < -0.3 is 5.32 Å². The molecule has 1 fully saturated rings. The van der Waals surface area contributed by atoms with Crippen LogP contribution >= 0.6 is 0 Å². The Morgan fingerprint density at radius 1 is 1.27 bits per heavy atom. The summed E-state index contributed by atoms with van der Waals surface area (Å²) in [6, 6.07) is 6.64. The molecular formula is C17H25NO3S. The first kappa shape index (κ1) is 17.0. The molecule has 0 radical (unpaired) electrons. The highest BCUT2D eigenvalue weighted by Gasteiger charge is 2.30. The molecule has 1 aromatic rings. The number of sulfone groups is 1. The molecule has 0 saturated heterocycles. The van der Waals surface area contributed by atoms with E-state index in [0.717, 1.165) is 32.1 Å². The largest absolute Gasteiger partial charge is 0.326 e. The average molecular weight is 323 g/mol. The van der Waals surface area contributed by atoms with E-state index >= 15 is 0 Å². The molecule has 0 spiro atoms. The van der Waals surface area contributed by atoms with Gasteiger partial charge in [0.2, 0.25) is 5.91 Å². The van der Waals surface area contributed by atoms with Gasteiger partial charge in [-0.3, -0.25) is 4.79 Å². The van der Waals surface area contributed by atoms with Crippen molar-refractivity contribution in [2.45, 2.75) is 62.5 Å². The minimum Gasteiger partial charge on any atom is -0.326 e. The number of carbonyl (C=O) groups is 1. The molecule has 2 rings (SSSR count). The van der Waals surface area contributed by atoms with Crippen LogP contribution in [0.4, 0.5) is 5.69 Å². The predicted octanol–water partition coefficient (Wildman–Crippen LogP) is 3.78. The van der Waals surface area contributed by atoms with E-state index < -0.39 is 9.84 Å². The maximum Gasteiger partial charge on any atom is 0.224 e. The highest BCUT2D eigenvalue weighted by molar-refractivity contribution is 7.92. The van der Waals surface area contributed by atoms with Crippen LogP contribution in [-0.4, -0.2) is 19.6 Å². The van der Waals surface area contributed by atoms with E-state index in [9.17, 15) is 13.2 Å². The SMILES string of the molecule is CC(C)CCC(=O)Nc1cccc(S(=O)(=O)C2CCCC2)c1. The van der Waals surface area contributed by atoms with Crippen LogP contribution in [0, 0.1) is 5.92 Å². The lowest BCUT2D eigenvalue weighted by Gasteiger charge is -2.13. The molecule has 0 bridgehead atoms. The van der Waals surface area contributed by atoms with E-state index in [4.69, 9.17) is 0 Å². The highest BCUT2D eigenvalue weighted by atomic mass is 32.2. The third-order valence-electron chi connectivity index (χ3n) is 4.14. The fraction of sp³-hybridized carbons (Fsp3) is 0.588. The summed E-state index contributed by atoms with van der Waals surface area (Å²) >= 11 is 0. The van der Waals surface area contributed by atoms with E-state index in [2.05, 4.69) is 19.2 Å². The molecule has 1 N–H and O–H groups in total. The van der Waals surface area contributed by atoms with Crippen LogP contribution in [0.15, 0.2) is 29.2 Å². The first-order valence-electron chi connectivity index (χ1n) is 8.03. The predicted molar refractivity (Wildman–Crippen MR) is 88.6 cm³/mol. The van der Waals surface area contributed by atoms with Crippen LogP contribution in [0.25, 0.3) is 0 Å². The van der Waals surface area contributed by atoms with Gasteiger partial charge in [0.15, 0.2) is 9.84 Å². The van der Waals surface area contributed by atoms with Crippen LogP contribution in [0.1, 0.15) is 52.4 Å². The Morgan fingerprint density at radius 2 is 1.95 bits per heavy atom. The average Bonchev–Trinajstić information content (AvgIpc) is 3.00. The third kappa shape index (κ3) is 4.32. The number of anilines is 1. The molecule has 1 aliphatic carbocycles. The van der Waals surface area contributed by atoms with Gasteiger partial charge in [-0.25, -0.2) is 8.42 Å². The molecule has 0 aliphatic heterocycles. The Morgan fingerprint density at radius 3 is 2.59 bits per heavy atom. The summed E-state index contributed by atoms with van der Waals surface area (Å²) in [6.07, 6.45) is 4.73. The second-order valence-electron chi connectivity index (χ2n) is 6.46. The van der Waals surface area contributed by atoms with E-state index in [-0.39, 0.29) is 11.2 Å². The van der Waals surface area contributed by atoms with E-state index in [1.54, 1.807) is 24.3 Å². The van der Waals surface area contributed by atoms with Crippen LogP contribution in [0.5, 0.6) is 0 Å². The minimum absolute atomic E-state index is 0.0656. The summed E-state index contributed by atoms with van der Waals surface area (Å²) in [5.74, 6) is 0.406. The number of nitrogens with one attached hydrogen (secondary N) is 1. The van der Waals surface area contributed by atoms with Crippen molar-refractivity contribution in [2.75, 3.05) is 5.32 Å². The van der Waals surface area contributed by atoms with Gasteiger partial charge in [0.05, 0.1) is 10.1 Å². The zero-order chi connectivity index (χ0) is 16.2. The lowest BCUT2D eigenvalue weighted by molar-refractivity contribution is -0.116. The Bertz CT molecular complexity index is 617. The van der Waals surface area contributed by atoms with Crippen LogP contribution in [0.3, 0.4) is 0 Å². The van der Waals surface area contributed by atoms with E-state index in [1.165, 1.54) is 0 Å². The summed E-state index contributed by atoms with van der Waals surface area (Å²) in [4.78, 5) is 12.2. The molecule has 4 nitrogen and oxygen atoms in total. The Balaban J connectivity index is 2.08. The summed E-state index contributed by atoms with van der Waals surface area (Å²) in [5.41, 5.74) is 0.563. The van der Waals surface area contributed by atoms with E-state index in [1.807, 2.05) is 0 Å². The van der Waals surface area contributed by atoms with Crippen molar-refractivity contribution in [1.82, 2.24) is 0 Å². The molecule has 122 valence electrons. The second kappa shape index (κ2) is 7.27. The Labute approximate surface area is 133 Å². The Kier molecular flexibility index (Phi) is 5.62. The van der Waals surface area contributed by atoms with Crippen molar-refractivity contribution in [3.8, 4) is 0 Å². The second-order valence-corrected chi connectivity index (χ2v) is 8.69. The van der Waals surface area contributed by atoms with Crippen molar-refractivity contribution < 1.29 is 13.2 Å². The summed E-state index contributed by atoms with van der Waals surface area (Å²) in [7, 11) is -3.27. The fourth-order valence-corrected chi connectivity index (χ4v) is 4.68. The number of rotatable bonds is 6. The van der Waals surface area contributed by atoms with Crippen molar-refractivity contribution in [2.24, 2.45) is 5.92 Å². The molecule has 0 aromatic heterocycles. The molecule has 5 heteroatoms. The quantitative estimate of drug-likeness (QED) is 0.866. The van der Waals surface area contributed by atoms with Gasteiger partial charge in [0.1, 0.15) is 0 Å². The maximum atomic E-state index is 12.6. The van der Waals surface area contributed by atoms with Gasteiger partial charge >= 0.3 is 0 Å². The molecule has 1 aliphatic rings. The van der Waals surface area contributed by atoms with Crippen molar-refractivity contribution in [1.29, 1.82) is 0 Å². The molecule has 1 saturated carbocycles. The molecule has 0 atom stereocenters. The number of hydrogen-bond acceptors (Lipinski definition) is 3. The van der Waals surface area contributed by atoms with Gasteiger partial charge in [0, 0.05) is 12.1 Å². The van der Waals surface area contributed by atoms with Crippen LogP contribution < -0.4 is 5.32 Å². The monoisotopic (exact) mass is 323 g/mol. The fourth-order valence-electron chi connectivity index (χ4n) is 2.79. The summed E-state index contributed by atoms with van der Waals surface area (Å²) < 4.78 is 25.1. The number of amides is 1. The minimum atomic E-state index is -3.27. The van der Waals surface area contributed by atoms with Crippen LogP contribution in [-0.2, 0) is 14.6 Å². The Hall–Kier alpha value is -1.36. The van der Waals surface area contributed by atoms with Crippen molar-refractivity contribution in [3.63, 3.8) is 0 Å². The zero-order valence-electron chi connectivity index (χ0n) is 13.3. The molecule has 22 heavy (non-hydrogen) atoms. The van der Waals surface area contributed by atoms with Gasteiger partial charge in [-0.2, -0.15) is 0 Å². The maximum absolute atomic E-state index is 12.6. The van der Waals surface area contributed by atoms with Gasteiger partial charge in [-0.15, -0.1) is 0 Å². The first-order chi connectivity index (χ1) is 10.4. The molecule has 0 unspecified atom stereocenters. The smallest absolute Gasteiger partial charge is 0.224 e. The van der Waals surface area contributed by atoms with E-state index in [0.29, 0.717) is 22.9 Å². The molecule has 0 heterocycles. The third-order valence-corrected chi connectivity index (χ3v) is 6.40.